The van der Waals surface area contributed by atoms with Gasteiger partial charge in [-0.05, 0) is 13.8 Å². The fourth-order valence-corrected chi connectivity index (χ4v) is 1.64. The van der Waals surface area contributed by atoms with Crippen molar-refractivity contribution < 1.29 is 5.11 Å². The zero-order valence-electron chi connectivity index (χ0n) is 9.15. The van der Waals surface area contributed by atoms with Crippen LogP contribution in [0.25, 0.3) is 11.0 Å². The van der Waals surface area contributed by atoms with Gasteiger partial charge in [-0.3, -0.25) is 4.68 Å². The minimum absolute atomic E-state index is 0.0271. The predicted octanol–water partition coefficient (Wildman–Crippen LogP) is 1.42. The third-order valence-electron chi connectivity index (χ3n) is 2.40. The fraction of sp³-hybridized carbons (Fsp3) is 0.500. The van der Waals surface area contributed by atoms with E-state index in [1.165, 1.54) is 0 Å². The van der Waals surface area contributed by atoms with Gasteiger partial charge in [-0.2, -0.15) is 10.1 Å². The number of rotatable bonds is 2. The van der Waals surface area contributed by atoms with Crippen molar-refractivity contribution in [3.05, 3.63) is 11.5 Å². The van der Waals surface area contributed by atoms with Gasteiger partial charge in [0.1, 0.15) is 16.9 Å². The molecule has 5 heteroatoms. The van der Waals surface area contributed by atoms with Crippen molar-refractivity contribution in [3.8, 4) is 5.88 Å². The van der Waals surface area contributed by atoms with Crippen molar-refractivity contribution in [3.63, 3.8) is 0 Å². The van der Waals surface area contributed by atoms with Gasteiger partial charge in [-0.15, -0.1) is 0 Å². The molecule has 0 atom stereocenters. The van der Waals surface area contributed by atoms with Gasteiger partial charge in [0.25, 0.3) is 0 Å². The maximum Gasteiger partial charge on any atom is 0.241 e. The summed E-state index contributed by atoms with van der Waals surface area (Å²) in [6.07, 6.45) is 0.709. The lowest BCUT2D eigenvalue weighted by atomic mass is 10.3. The summed E-state index contributed by atoms with van der Waals surface area (Å²) >= 11 is 0. The van der Waals surface area contributed by atoms with Gasteiger partial charge in [0.15, 0.2) is 0 Å². The zero-order chi connectivity index (χ0) is 11.0. The van der Waals surface area contributed by atoms with E-state index >= 15 is 0 Å². The minimum Gasteiger partial charge on any atom is -0.492 e. The Balaban J connectivity index is 2.81. The normalized spacial score (nSPS) is 11.1. The van der Waals surface area contributed by atoms with Crippen molar-refractivity contribution in [1.29, 1.82) is 0 Å². The predicted molar refractivity (Wildman–Crippen MR) is 56.8 cm³/mol. The molecule has 5 nitrogen and oxygen atoms in total. The van der Waals surface area contributed by atoms with Gasteiger partial charge in [-0.1, -0.05) is 6.92 Å². The maximum absolute atomic E-state index is 9.80. The van der Waals surface area contributed by atoms with Gasteiger partial charge in [0.2, 0.25) is 5.88 Å². The zero-order valence-corrected chi connectivity index (χ0v) is 9.15. The molecule has 80 valence electrons. The van der Waals surface area contributed by atoms with Crippen LogP contribution in [0, 0.1) is 6.92 Å². The quantitative estimate of drug-likeness (QED) is 0.807. The van der Waals surface area contributed by atoms with Crippen molar-refractivity contribution in [2.24, 2.45) is 0 Å². The van der Waals surface area contributed by atoms with Crippen LogP contribution in [0.15, 0.2) is 0 Å². The van der Waals surface area contributed by atoms with Gasteiger partial charge >= 0.3 is 0 Å². The second-order valence-corrected chi connectivity index (χ2v) is 3.42. The highest BCUT2D eigenvalue weighted by atomic mass is 16.3. The summed E-state index contributed by atoms with van der Waals surface area (Å²) in [5.74, 6) is 0.679. The molecule has 2 heterocycles. The van der Waals surface area contributed by atoms with Crippen LogP contribution in [-0.2, 0) is 13.0 Å². The number of hydrogen-bond donors (Lipinski definition) is 1. The minimum atomic E-state index is 0.0271. The molecule has 0 saturated carbocycles. The number of aromatic hydroxyl groups is 1. The fourth-order valence-electron chi connectivity index (χ4n) is 1.64. The van der Waals surface area contributed by atoms with E-state index in [0.717, 1.165) is 11.2 Å². The Morgan fingerprint density at radius 2 is 2.00 bits per heavy atom. The molecule has 0 spiro atoms. The molecule has 0 unspecified atom stereocenters. The summed E-state index contributed by atoms with van der Waals surface area (Å²) in [5.41, 5.74) is 2.22. The van der Waals surface area contributed by atoms with Gasteiger partial charge in [0.05, 0.1) is 5.69 Å². The van der Waals surface area contributed by atoms with E-state index in [1.54, 1.807) is 4.68 Å². The Bertz CT molecular complexity index is 504. The Kier molecular flexibility index (Phi) is 2.30. The molecule has 2 rings (SSSR count). The summed E-state index contributed by atoms with van der Waals surface area (Å²) in [6, 6.07) is 0. The standard InChI is InChI=1S/C10H14N4O/c1-4-7-11-8-6(3)13-14(5-2)9(8)10(15)12-7/h4-5H2,1-3H3,(H,11,12,15). The molecule has 2 aromatic heterocycles. The smallest absolute Gasteiger partial charge is 0.241 e. The number of hydrogen-bond acceptors (Lipinski definition) is 4. The van der Waals surface area contributed by atoms with E-state index in [9.17, 15) is 5.11 Å². The van der Waals surface area contributed by atoms with Crippen molar-refractivity contribution >= 4 is 11.0 Å². The molecule has 0 amide bonds. The molecule has 0 fully saturated rings. The average molecular weight is 206 g/mol. The van der Waals surface area contributed by atoms with E-state index in [1.807, 2.05) is 20.8 Å². The highest BCUT2D eigenvalue weighted by Gasteiger charge is 2.14. The SMILES string of the molecule is CCc1nc(O)c2c(n1)c(C)nn2CC. The monoisotopic (exact) mass is 206 g/mol. The highest BCUT2D eigenvalue weighted by Crippen LogP contribution is 2.23. The molecule has 0 aliphatic rings. The summed E-state index contributed by atoms with van der Waals surface area (Å²) in [7, 11) is 0. The van der Waals surface area contributed by atoms with Gasteiger partial charge in [-0.25, -0.2) is 4.98 Å². The molecule has 0 saturated heterocycles. The Morgan fingerprint density at radius 3 is 2.60 bits per heavy atom. The number of aryl methyl sites for hydroxylation is 3. The van der Waals surface area contributed by atoms with Crippen LogP contribution in [0.2, 0.25) is 0 Å². The Hall–Kier alpha value is -1.65. The maximum atomic E-state index is 9.80. The molecule has 0 aromatic carbocycles. The van der Waals surface area contributed by atoms with Crippen LogP contribution in [-0.4, -0.2) is 24.9 Å². The summed E-state index contributed by atoms with van der Waals surface area (Å²) < 4.78 is 1.72. The van der Waals surface area contributed by atoms with Crippen LogP contribution in [0.3, 0.4) is 0 Å². The average Bonchev–Trinajstić information content (AvgIpc) is 2.56. The lowest BCUT2D eigenvalue weighted by molar-refractivity contribution is 0.451. The van der Waals surface area contributed by atoms with Crippen LogP contribution in [0.4, 0.5) is 0 Å². The van der Waals surface area contributed by atoms with Crippen LogP contribution in [0.1, 0.15) is 25.4 Å². The first-order valence-electron chi connectivity index (χ1n) is 5.10. The molecule has 0 aliphatic carbocycles. The molecule has 1 N–H and O–H groups in total. The van der Waals surface area contributed by atoms with E-state index in [2.05, 4.69) is 15.1 Å². The van der Waals surface area contributed by atoms with Crippen molar-refractivity contribution in [2.45, 2.75) is 33.7 Å². The number of nitrogens with zero attached hydrogens (tertiary/aromatic N) is 4. The highest BCUT2D eigenvalue weighted by molar-refractivity contribution is 5.81. The lowest BCUT2D eigenvalue weighted by Gasteiger charge is -2.01. The van der Waals surface area contributed by atoms with Crippen molar-refractivity contribution in [1.82, 2.24) is 19.7 Å². The Morgan fingerprint density at radius 1 is 1.27 bits per heavy atom. The molecule has 0 aliphatic heterocycles. The summed E-state index contributed by atoms with van der Waals surface area (Å²) in [4.78, 5) is 8.39. The first-order chi connectivity index (χ1) is 7.17. The molecule has 15 heavy (non-hydrogen) atoms. The van der Waals surface area contributed by atoms with E-state index in [4.69, 9.17) is 0 Å². The number of fused-ring (bicyclic) bond motifs is 1. The summed E-state index contributed by atoms with van der Waals surface area (Å²) in [5, 5.41) is 14.1. The van der Waals surface area contributed by atoms with Crippen LogP contribution >= 0.6 is 0 Å². The van der Waals surface area contributed by atoms with E-state index < -0.39 is 0 Å². The van der Waals surface area contributed by atoms with Crippen LogP contribution in [0.5, 0.6) is 5.88 Å². The first-order valence-corrected chi connectivity index (χ1v) is 5.10. The molecule has 2 aromatic rings. The third kappa shape index (κ3) is 1.44. The van der Waals surface area contributed by atoms with Gasteiger partial charge < -0.3 is 5.11 Å². The lowest BCUT2D eigenvalue weighted by Crippen LogP contribution is -1.98. The third-order valence-corrected chi connectivity index (χ3v) is 2.40. The topological polar surface area (TPSA) is 63.8 Å². The molecular weight excluding hydrogens is 192 g/mol. The van der Waals surface area contributed by atoms with Crippen molar-refractivity contribution in [2.75, 3.05) is 0 Å². The summed E-state index contributed by atoms with van der Waals surface area (Å²) in [6.45, 7) is 6.52. The first kappa shape index (κ1) is 9.89. The van der Waals surface area contributed by atoms with E-state index in [-0.39, 0.29) is 5.88 Å². The largest absolute Gasteiger partial charge is 0.492 e. The molecular formula is C10H14N4O. The second kappa shape index (κ2) is 3.49. The van der Waals surface area contributed by atoms with Crippen LogP contribution < -0.4 is 0 Å². The number of aromatic nitrogens is 4. The molecule has 0 bridgehead atoms. The second-order valence-electron chi connectivity index (χ2n) is 3.42. The van der Waals surface area contributed by atoms with Gasteiger partial charge in [0, 0.05) is 13.0 Å². The Labute approximate surface area is 87.8 Å². The van der Waals surface area contributed by atoms with E-state index in [0.29, 0.717) is 24.3 Å². The molecule has 0 radical (unpaired) electrons.